The molecule has 448 valence electrons. The van der Waals surface area contributed by atoms with E-state index in [0.29, 0.717) is 23.9 Å². The van der Waals surface area contributed by atoms with E-state index in [0.717, 1.165) is 57.8 Å². The van der Waals surface area contributed by atoms with Gasteiger partial charge >= 0.3 is 11.9 Å². The van der Waals surface area contributed by atoms with Crippen LogP contribution in [0.2, 0.25) is 0 Å². The number of unbranched alkanes of at least 4 members (excludes halogenated alkanes) is 35. The molecule has 0 aliphatic carbocycles. The lowest BCUT2D eigenvalue weighted by Gasteiger charge is -2.26. The Labute approximate surface area is 475 Å². The fraction of sp³-hybridized carbons (Fsp3) is 0.809. The van der Waals surface area contributed by atoms with Crippen LogP contribution in [-0.2, 0) is 33.3 Å². The van der Waals surface area contributed by atoms with Crippen LogP contribution < -0.4 is 5.11 Å². The van der Waals surface area contributed by atoms with E-state index in [1.54, 1.807) is 0 Å². The number of esters is 2. The van der Waals surface area contributed by atoms with Crippen molar-refractivity contribution in [2.75, 3.05) is 47.5 Å². The first-order chi connectivity index (χ1) is 37.6. The maximum absolute atomic E-state index is 12.9. The van der Waals surface area contributed by atoms with Crippen LogP contribution in [0.4, 0.5) is 0 Å². The zero-order valence-electron chi connectivity index (χ0n) is 51.1. The third-order valence-electron chi connectivity index (χ3n) is 14.2. The highest BCUT2D eigenvalue weighted by Gasteiger charge is 2.22. The molecule has 0 N–H and O–H groups in total. The van der Waals surface area contributed by atoms with E-state index in [1.165, 1.54) is 205 Å². The van der Waals surface area contributed by atoms with E-state index < -0.39 is 24.3 Å². The molecule has 0 saturated carbocycles. The molecule has 0 aromatic rings. The van der Waals surface area contributed by atoms with Gasteiger partial charge in [-0.2, -0.15) is 0 Å². The van der Waals surface area contributed by atoms with Crippen LogP contribution >= 0.6 is 0 Å². The van der Waals surface area contributed by atoms with Gasteiger partial charge in [0.2, 0.25) is 0 Å². The number of hydrogen-bond acceptors (Lipinski definition) is 8. The average molecular weight is 1080 g/mol. The van der Waals surface area contributed by atoms with Gasteiger partial charge < -0.3 is 33.3 Å². The van der Waals surface area contributed by atoms with Gasteiger partial charge in [-0.25, -0.2) is 0 Å². The minimum atomic E-state index is -1.62. The summed E-state index contributed by atoms with van der Waals surface area (Å²) < 4.78 is 22.8. The van der Waals surface area contributed by atoms with E-state index in [1.807, 2.05) is 21.1 Å². The maximum atomic E-state index is 12.9. The van der Waals surface area contributed by atoms with Crippen LogP contribution in [0.1, 0.15) is 296 Å². The number of carbonyl (C=O) groups is 3. The van der Waals surface area contributed by atoms with Gasteiger partial charge in [-0.15, -0.1) is 0 Å². The normalized spacial score (nSPS) is 13.1. The molecule has 0 radical (unpaired) electrons. The fourth-order valence-corrected chi connectivity index (χ4v) is 9.29. The van der Waals surface area contributed by atoms with Crippen molar-refractivity contribution < 1.29 is 42.9 Å². The Kier molecular flexibility index (Phi) is 56.8. The third-order valence-corrected chi connectivity index (χ3v) is 14.2. The van der Waals surface area contributed by atoms with E-state index in [-0.39, 0.29) is 32.2 Å². The van der Waals surface area contributed by atoms with Crippen LogP contribution in [0, 0.1) is 0 Å². The molecule has 0 rings (SSSR count). The summed E-state index contributed by atoms with van der Waals surface area (Å²) in [4.78, 5) is 37.4. The van der Waals surface area contributed by atoms with Crippen LogP contribution in [-0.4, -0.2) is 82.3 Å². The van der Waals surface area contributed by atoms with Crippen LogP contribution in [0.15, 0.2) is 60.8 Å². The van der Waals surface area contributed by atoms with Crippen molar-refractivity contribution in [3.63, 3.8) is 0 Å². The summed E-state index contributed by atoms with van der Waals surface area (Å²) in [6.07, 6.45) is 72.8. The molecule has 0 aliphatic heterocycles. The standard InChI is InChI=1S/C68H123NO8/c1-6-8-10-12-14-16-18-20-22-24-26-28-30-31-32-33-34-35-37-39-41-43-45-47-49-51-53-55-57-59-66(71)77-64(63-76-68(67(72)73)74-61-60-69(3,4)5)62-75-65(70)58-56-54-52-50-48-46-44-42-40-38-36-29-27-25-23-21-19-17-15-13-11-9-7-2/h8,10,14,16,20,22,25-28,64,68H,6-7,9,11-13,15,17-19,21,23-24,29-63H2,1-5H3/b10-8-,16-14-,22-20-,27-25-,28-26-. The number of rotatable bonds is 60. The van der Waals surface area contributed by atoms with Gasteiger partial charge in [0.1, 0.15) is 13.2 Å². The first kappa shape index (κ1) is 74.0. The number of likely N-dealkylation sites (N-methyl/N-ethyl adjacent to an activating group) is 1. The molecule has 2 atom stereocenters. The van der Waals surface area contributed by atoms with Crippen molar-refractivity contribution in [3.05, 3.63) is 60.8 Å². The zero-order chi connectivity index (χ0) is 56.2. The molecule has 0 aliphatic rings. The predicted octanol–water partition coefficient (Wildman–Crippen LogP) is 18.2. The summed E-state index contributed by atoms with van der Waals surface area (Å²) in [7, 11) is 5.93. The molecule has 0 heterocycles. The maximum Gasteiger partial charge on any atom is 0.306 e. The summed E-state index contributed by atoms with van der Waals surface area (Å²) in [5.41, 5.74) is 0. The van der Waals surface area contributed by atoms with E-state index in [9.17, 15) is 19.5 Å². The van der Waals surface area contributed by atoms with Crippen molar-refractivity contribution >= 4 is 17.9 Å². The Hall–Kier alpha value is -3.01. The minimum absolute atomic E-state index is 0.148. The van der Waals surface area contributed by atoms with Gasteiger partial charge in [0.05, 0.1) is 40.3 Å². The average Bonchev–Trinajstić information content (AvgIpc) is 3.40. The first-order valence-electron chi connectivity index (χ1n) is 32.4. The first-order valence-corrected chi connectivity index (χ1v) is 32.4. The lowest BCUT2D eigenvalue weighted by atomic mass is 10.0. The zero-order valence-corrected chi connectivity index (χ0v) is 51.1. The number of allylic oxidation sites excluding steroid dienone is 10. The molecule has 0 saturated heterocycles. The molecule has 0 bridgehead atoms. The highest BCUT2D eigenvalue weighted by Crippen LogP contribution is 2.17. The second kappa shape index (κ2) is 59.1. The molecule has 0 fully saturated rings. The smallest absolute Gasteiger partial charge is 0.306 e. The number of hydrogen-bond donors (Lipinski definition) is 0. The Morgan fingerprint density at radius 1 is 0.403 bits per heavy atom. The summed E-state index contributed by atoms with van der Waals surface area (Å²) >= 11 is 0. The molecule has 2 unspecified atom stereocenters. The largest absolute Gasteiger partial charge is 0.545 e. The van der Waals surface area contributed by atoms with Crippen LogP contribution in [0.25, 0.3) is 0 Å². The third kappa shape index (κ3) is 60.5. The molecular weight excluding hydrogens is 959 g/mol. The lowest BCUT2D eigenvalue weighted by Crippen LogP contribution is -2.44. The number of quaternary nitrogens is 1. The number of carboxylic acids is 1. The van der Waals surface area contributed by atoms with E-state index >= 15 is 0 Å². The molecule has 0 amide bonds. The fourth-order valence-electron chi connectivity index (χ4n) is 9.29. The Bertz CT molecular complexity index is 1450. The molecule has 0 spiro atoms. The van der Waals surface area contributed by atoms with E-state index in [2.05, 4.69) is 74.6 Å². The molecule has 77 heavy (non-hydrogen) atoms. The van der Waals surface area contributed by atoms with Crippen molar-refractivity contribution in [2.24, 2.45) is 0 Å². The summed E-state index contributed by atoms with van der Waals surface area (Å²) in [6.45, 7) is 4.68. The van der Waals surface area contributed by atoms with Gasteiger partial charge in [-0.05, 0) is 77.0 Å². The SMILES string of the molecule is CC/C=C\C/C=C\C/C=C\C/C=C\CCCCCCCCCCCCCCCCCCC(=O)OC(COC(=O)CCCCCCCCCCCCC/C=C\CCCCCCCCCC)COC(OCC[N+](C)(C)C)C(=O)[O-]. The summed E-state index contributed by atoms with van der Waals surface area (Å²) in [5, 5.41) is 11.8. The van der Waals surface area contributed by atoms with Crippen molar-refractivity contribution in [1.82, 2.24) is 0 Å². The highest BCUT2D eigenvalue weighted by atomic mass is 16.7. The molecule has 0 aromatic carbocycles. The molecule has 9 nitrogen and oxygen atoms in total. The van der Waals surface area contributed by atoms with E-state index in [4.69, 9.17) is 18.9 Å². The predicted molar refractivity (Wildman–Crippen MR) is 325 cm³/mol. The lowest BCUT2D eigenvalue weighted by molar-refractivity contribution is -0.870. The Morgan fingerprint density at radius 3 is 1.12 bits per heavy atom. The number of carbonyl (C=O) groups excluding carboxylic acids is 3. The summed E-state index contributed by atoms with van der Waals surface area (Å²) in [5.74, 6) is -2.27. The van der Waals surface area contributed by atoms with Gasteiger partial charge in [0.25, 0.3) is 0 Å². The van der Waals surface area contributed by atoms with Crippen molar-refractivity contribution in [2.45, 2.75) is 309 Å². The van der Waals surface area contributed by atoms with Crippen LogP contribution in [0.3, 0.4) is 0 Å². The highest BCUT2D eigenvalue weighted by molar-refractivity contribution is 5.70. The van der Waals surface area contributed by atoms with Gasteiger partial charge in [-0.1, -0.05) is 267 Å². The number of nitrogens with zero attached hydrogens (tertiary/aromatic N) is 1. The molecular formula is C68H123NO8. The number of carboxylic acid groups (broad SMARTS) is 1. The van der Waals surface area contributed by atoms with Gasteiger partial charge in [0.15, 0.2) is 12.4 Å². The second-order valence-corrected chi connectivity index (χ2v) is 23.0. The second-order valence-electron chi connectivity index (χ2n) is 23.0. The molecule has 9 heteroatoms. The van der Waals surface area contributed by atoms with Crippen molar-refractivity contribution in [1.29, 1.82) is 0 Å². The van der Waals surface area contributed by atoms with Crippen molar-refractivity contribution in [3.8, 4) is 0 Å². The monoisotopic (exact) mass is 1080 g/mol. The Balaban J connectivity index is 4.14. The Morgan fingerprint density at radius 2 is 0.740 bits per heavy atom. The number of aliphatic carboxylic acids is 1. The van der Waals surface area contributed by atoms with Crippen LogP contribution in [0.5, 0.6) is 0 Å². The minimum Gasteiger partial charge on any atom is -0.545 e. The topological polar surface area (TPSA) is 111 Å². The van der Waals surface area contributed by atoms with Gasteiger partial charge in [0, 0.05) is 12.8 Å². The summed E-state index contributed by atoms with van der Waals surface area (Å²) in [6, 6.07) is 0. The number of ether oxygens (including phenoxy) is 4. The van der Waals surface area contributed by atoms with Gasteiger partial charge in [-0.3, -0.25) is 9.59 Å². The molecule has 0 aromatic heterocycles. The quantitative estimate of drug-likeness (QED) is 0.0195.